The molecule has 0 heterocycles. The molecule has 0 radical (unpaired) electrons. The van der Waals surface area contributed by atoms with Gasteiger partial charge in [0.2, 0.25) is 0 Å². The van der Waals surface area contributed by atoms with E-state index in [9.17, 15) is 19.7 Å². The first-order valence-electron chi connectivity index (χ1n) is 9.80. The average Bonchev–Trinajstić information content (AvgIpc) is 2.84. The Kier molecular flexibility index (Phi) is 8.14. The van der Waals surface area contributed by atoms with Gasteiger partial charge < -0.3 is 14.8 Å². The summed E-state index contributed by atoms with van der Waals surface area (Å²) in [5.41, 5.74) is 3.13. The molecule has 174 valence electrons. The number of nitro benzene ring substituents is 1. The number of anilines is 1. The van der Waals surface area contributed by atoms with E-state index in [-0.39, 0.29) is 23.8 Å². The predicted molar refractivity (Wildman–Crippen MR) is 127 cm³/mol. The van der Waals surface area contributed by atoms with Crippen molar-refractivity contribution in [3.63, 3.8) is 0 Å². The highest BCUT2D eigenvalue weighted by atomic mass is 35.5. The molecule has 2 amide bonds. The van der Waals surface area contributed by atoms with Crippen molar-refractivity contribution < 1.29 is 24.0 Å². The van der Waals surface area contributed by atoms with Gasteiger partial charge in [-0.3, -0.25) is 19.7 Å². The molecule has 3 aromatic rings. The maximum atomic E-state index is 12.2. The van der Waals surface area contributed by atoms with Crippen LogP contribution in [0.25, 0.3) is 0 Å². The highest BCUT2D eigenvalue weighted by Crippen LogP contribution is 2.22. The van der Waals surface area contributed by atoms with Crippen molar-refractivity contribution in [1.82, 2.24) is 5.43 Å². The summed E-state index contributed by atoms with van der Waals surface area (Å²) in [4.78, 5) is 34.7. The van der Waals surface area contributed by atoms with E-state index >= 15 is 0 Å². The van der Waals surface area contributed by atoms with Crippen LogP contribution in [0.15, 0.2) is 71.8 Å². The monoisotopic (exact) mass is 482 g/mol. The molecule has 0 fully saturated rings. The minimum Gasteiger partial charge on any atom is -0.497 e. The molecule has 0 aliphatic carbocycles. The number of halogens is 1. The molecular weight excluding hydrogens is 464 g/mol. The first kappa shape index (κ1) is 24.2. The number of hydrazone groups is 1. The lowest BCUT2D eigenvalue weighted by atomic mass is 10.2. The molecule has 0 aliphatic rings. The van der Waals surface area contributed by atoms with Crippen molar-refractivity contribution in [2.24, 2.45) is 5.10 Å². The molecule has 3 aromatic carbocycles. The summed E-state index contributed by atoms with van der Waals surface area (Å²) in [5.74, 6) is -0.0511. The number of carbonyl (C=O) groups excluding carboxylic acids is 2. The third-order valence-electron chi connectivity index (χ3n) is 4.39. The van der Waals surface area contributed by atoms with Crippen LogP contribution in [-0.4, -0.2) is 36.7 Å². The number of nitro groups is 1. The first-order valence-corrected chi connectivity index (χ1v) is 10.2. The van der Waals surface area contributed by atoms with Crippen LogP contribution >= 0.6 is 11.6 Å². The van der Waals surface area contributed by atoms with Gasteiger partial charge in [-0.25, -0.2) is 5.43 Å². The number of methoxy groups -OCH3 is 1. The van der Waals surface area contributed by atoms with Gasteiger partial charge in [0.05, 0.1) is 18.2 Å². The molecule has 0 aliphatic heterocycles. The normalized spacial score (nSPS) is 10.5. The van der Waals surface area contributed by atoms with Crippen molar-refractivity contribution >= 4 is 41.0 Å². The third-order valence-corrected chi connectivity index (χ3v) is 4.63. The number of carbonyl (C=O) groups is 2. The van der Waals surface area contributed by atoms with Crippen LogP contribution in [0.1, 0.15) is 15.9 Å². The van der Waals surface area contributed by atoms with Crippen molar-refractivity contribution in [2.75, 3.05) is 19.0 Å². The summed E-state index contributed by atoms with van der Waals surface area (Å²) in [6, 6.07) is 16.7. The largest absolute Gasteiger partial charge is 0.497 e. The fourth-order valence-electron chi connectivity index (χ4n) is 2.75. The predicted octanol–water partition coefficient (Wildman–Crippen LogP) is 4.04. The Morgan fingerprint density at radius 3 is 2.59 bits per heavy atom. The number of nitrogens with one attached hydrogen (secondary N) is 2. The van der Waals surface area contributed by atoms with Gasteiger partial charge in [-0.2, -0.15) is 5.10 Å². The zero-order valence-electron chi connectivity index (χ0n) is 17.9. The van der Waals surface area contributed by atoms with Crippen LogP contribution < -0.4 is 20.2 Å². The molecule has 0 saturated carbocycles. The smallest absolute Gasteiger partial charge is 0.271 e. The highest BCUT2D eigenvalue weighted by molar-refractivity contribution is 6.30. The number of nitrogens with zero attached hydrogens (tertiary/aromatic N) is 2. The summed E-state index contributed by atoms with van der Waals surface area (Å²) >= 11 is 6.04. The van der Waals surface area contributed by atoms with Crippen LogP contribution in [0.2, 0.25) is 5.02 Å². The molecule has 34 heavy (non-hydrogen) atoms. The molecular formula is C23H19ClN4O6. The van der Waals surface area contributed by atoms with E-state index in [1.54, 1.807) is 49.6 Å². The minimum absolute atomic E-state index is 0.0733. The molecule has 0 bridgehead atoms. The van der Waals surface area contributed by atoms with Crippen LogP contribution in [0.5, 0.6) is 11.5 Å². The maximum absolute atomic E-state index is 12.2. The summed E-state index contributed by atoms with van der Waals surface area (Å²) in [6.07, 6.45) is 1.29. The Morgan fingerprint density at radius 2 is 1.88 bits per heavy atom. The quantitative estimate of drug-likeness (QED) is 0.269. The molecule has 2 N–H and O–H groups in total. The summed E-state index contributed by atoms with van der Waals surface area (Å²) in [7, 11) is 1.55. The summed E-state index contributed by atoms with van der Waals surface area (Å²) in [6.45, 7) is -0.283. The SMILES string of the molecule is COc1ccc(NC(=O)COc2ccc(Cl)cc2C=NNC(=O)c2cccc([N+](=O)[O-])c2)cc1. The lowest BCUT2D eigenvalue weighted by Gasteiger charge is -2.10. The number of hydrogen-bond acceptors (Lipinski definition) is 7. The van der Waals surface area contributed by atoms with Gasteiger partial charge in [0.15, 0.2) is 6.61 Å². The van der Waals surface area contributed by atoms with E-state index in [1.165, 1.54) is 24.4 Å². The van der Waals surface area contributed by atoms with Crippen molar-refractivity contribution in [3.8, 4) is 11.5 Å². The molecule has 3 rings (SSSR count). The van der Waals surface area contributed by atoms with E-state index < -0.39 is 10.8 Å². The van der Waals surface area contributed by atoms with Crippen molar-refractivity contribution in [1.29, 1.82) is 0 Å². The highest BCUT2D eigenvalue weighted by Gasteiger charge is 2.11. The zero-order valence-corrected chi connectivity index (χ0v) is 18.6. The second-order valence-electron chi connectivity index (χ2n) is 6.75. The number of amides is 2. The van der Waals surface area contributed by atoms with E-state index in [4.69, 9.17) is 21.1 Å². The fraction of sp³-hybridized carbons (Fsp3) is 0.0870. The zero-order chi connectivity index (χ0) is 24.5. The Morgan fingerprint density at radius 1 is 1.12 bits per heavy atom. The van der Waals surface area contributed by atoms with Crippen LogP contribution in [0.4, 0.5) is 11.4 Å². The van der Waals surface area contributed by atoms with Gasteiger partial charge in [-0.15, -0.1) is 0 Å². The number of ether oxygens (including phenoxy) is 2. The van der Waals surface area contributed by atoms with Crippen molar-refractivity contribution in [2.45, 2.75) is 0 Å². The van der Waals surface area contributed by atoms with E-state index in [0.717, 1.165) is 6.07 Å². The fourth-order valence-corrected chi connectivity index (χ4v) is 2.93. The second kappa shape index (κ2) is 11.4. The molecule has 0 saturated heterocycles. The number of benzene rings is 3. The molecule has 0 aromatic heterocycles. The van der Waals surface area contributed by atoms with E-state index in [1.807, 2.05) is 0 Å². The number of non-ortho nitro benzene ring substituents is 1. The third kappa shape index (κ3) is 6.78. The molecule has 0 atom stereocenters. The summed E-state index contributed by atoms with van der Waals surface area (Å²) in [5, 5.41) is 17.8. The Bertz CT molecular complexity index is 1230. The molecule has 10 nitrogen and oxygen atoms in total. The van der Waals surface area contributed by atoms with Gasteiger partial charge in [0.25, 0.3) is 17.5 Å². The van der Waals surface area contributed by atoms with Crippen LogP contribution in [0, 0.1) is 10.1 Å². The van der Waals surface area contributed by atoms with Gasteiger partial charge in [-0.1, -0.05) is 17.7 Å². The summed E-state index contributed by atoms with van der Waals surface area (Å²) < 4.78 is 10.7. The van der Waals surface area contributed by atoms with E-state index in [2.05, 4.69) is 15.8 Å². The Balaban J connectivity index is 1.62. The number of rotatable bonds is 9. The average molecular weight is 483 g/mol. The topological polar surface area (TPSA) is 132 Å². The van der Waals surface area contributed by atoms with Gasteiger partial charge in [-0.05, 0) is 48.5 Å². The van der Waals surface area contributed by atoms with E-state index in [0.29, 0.717) is 27.8 Å². The second-order valence-corrected chi connectivity index (χ2v) is 7.19. The Labute approximate surface area is 199 Å². The lowest BCUT2D eigenvalue weighted by molar-refractivity contribution is -0.384. The molecule has 11 heteroatoms. The van der Waals surface area contributed by atoms with Gasteiger partial charge in [0, 0.05) is 34.0 Å². The molecule has 0 unspecified atom stereocenters. The standard InChI is InChI=1S/C23H19ClN4O6/c1-33-20-8-6-18(7-9-20)26-22(29)14-34-21-10-5-17(24)11-16(21)13-25-27-23(30)15-3-2-4-19(12-15)28(31)32/h2-13H,14H2,1H3,(H,26,29)(H,27,30). The van der Waals surface area contributed by atoms with Gasteiger partial charge in [0.1, 0.15) is 11.5 Å². The van der Waals surface area contributed by atoms with Crippen LogP contribution in [-0.2, 0) is 4.79 Å². The maximum Gasteiger partial charge on any atom is 0.271 e. The van der Waals surface area contributed by atoms with Crippen molar-refractivity contribution in [3.05, 3.63) is 93.0 Å². The van der Waals surface area contributed by atoms with Gasteiger partial charge >= 0.3 is 0 Å². The molecule has 0 spiro atoms. The number of hydrogen-bond donors (Lipinski definition) is 2. The first-order chi connectivity index (χ1) is 16.4. The lowest BCUT2D eigenvalue weighted by Crippen LogP contribution is -2.20. The van der Waals surface area contributed by atoms with Crippen LogP contribution in [0.3, 0.4) is 0 Å². The Hall–Kier alpha value is -4.44. The minimum atomic E-state index is -0.636.